The summed E-state index contributed by atoms with van der Waals surface area (Å²) in [6.07, 6.45) is 3.53. The standard InChI is InChI=1S/C15H21FN2O/c1-15(2)9-3-4-13(15)17-10-14(19)18-12-7-5-11(16)6-8-12/h5-8,13,17H,3-4,9-10H2,1-2H3,(H,18,19). The number of rotatable bonds is 4. The van der Waals surface area contributed by atoms with Gasteiger partial charge in [0.05, 0.1) is 6.54 Å². The van der Waals surface area contributed by atoms with Gasteiger partial charge in [0.1, 0.15) is 5.82 Å². The normalized spacial score (nSPS) is 21.3. The fraction of sp³-hybridized carbons (Fsp3) is 0.533. The number of benzene rings is 1. The number of anilines is 1. The second-order valence-corrected chi connectivity index (χ2v) is 5.87. The molecule has 1 atom stereocenters. The Kier molecular flexibility index (Phi) is 4.20. The minimum atomic E-state index is -0.302. The van der Waals surface area contributed by atoms with Crippen molar-refractivity contribution in [1.29, 1.82) is 0 Å². The summed E-state index contributed by atoms with van der Waals surface area (Å²) in [6, 6.07) is 6.19. The number of hydrogen-bond donors (Lipinski definition) is 2. The van der Waals surface area contributed by atoms with E-state index < -0.39 is 0 Å². The largest absolute Gasteiger partial charge is 0.325 e. The molecule has 1 aromatic carbocycles. The summed E-state index contributed by atoms with van der Waals surface area (Å²) in [7, 11) is 0. The van der Waals surface area contributed by atoms with Crippen molar-refractivity contribution in [2.45, 2.75) is 39.2 Å². The van der Waals surface area contributed by atoms with Gasteiger partial charge in [0.15, 0.2) is 0 Å². The van der Waals surface area contributed by atoms with Gasteiger partial charge in [-0.2, -0.15) is 0 Å². The van der Waals surface area contributed by atoms with Crippen LogP contribution in [0, 0.1) is 11.2 Å². The van der Waals surface area contributed by atoms with Gasteiger partial charge in [-0.25, -0.2) is 4.39 Å². The highest BCUT2D eigenvalue weighted by atomic mass is 19.1. The van der Waals surface area contributed by atoms with Crippen LogP contribution < -0.4 is 10.6 Å². The second kappa shape index (κ2) is 5.70. The van der Waals surface area contributed by atoms with Crippen molar-refractivity contribution in [3.05, 3.63) is 30.1 Å². The van der Waals surface area contributed by atoms with Crippen LogP contribution in [0.25, 0.3) is 0 Å². The smallest absolute Gasteiger partial charge is 0.238 e. The molecule has 0 bridgehead atoms. The number of nitrogens with one attached hydrogen (secondary N) is 2. The molecule has 1 aliphatic carbocycles. The summed E-state index contributed by atoms with van der Waals surface area (Å²) in [5.74, 6) is -0.391. The predicted molar refractivity (Wildman–Crippen MR) is 74.5 cm³/mol. The molecule has 1 saturated carbocycles. The third-order valence-electron chi connectivity index (χ3n) is 3.89. The van der Waals surface area contributed by atoms with E-state index in [9.17, 15) is 9.18 Å². The molecule has 0 heterocycles. The van der Waals surface area contributed by atoms with Gasteiger partial charge in [0.25, 0.3) is 0 Å². The summed E-state index contributed by atoms with van der Waals surface area (Å²) < 4.78 is 12.7. The first-order valence-corrected chi connectivity index (χ1v) is 6.76. The fourth-order valence-electron chi connectivity index (χ4n) is 2.66. The van der Waals surface area contributed by atoms with Crippen molar-refractivity contribution in [1.82, 2.24) is 5.32 Å². The average Bonchev–Trinajstić information content (AvgIpc) is 2.69. The zero-order valence-corrected chi connectivity index (χ0v) is 11.5. The van der Waals surface area contributed by atoms with Gasteiger partial charge in [0, 0.05) is 11.7 Å². The maximum atomic E-state index is 12.7. The molecule has 3 nitrogen and oxygen atoms in total. The Morgan fingerprint density at radius 3 is 2.63 bits per heavy atom. The zero-order chi connectivity index (χ0) is 13.9. The molecule has 0 aromatic heterocycles. The maximum absolute atomic E-state index is 12.7. The first-order chi connectivity index (χ1) is 8.97. The van der Waals surface area contributed by atoms with Gasteiger partial charge < -0.3 is 10.6 Å². The van der Waals surface area contributed by atoms with Crippen LogP contribution in [0.15, 0.2) is 24.3 Å². The molecule has 1 aromatic rings. The third-order valence-corrected chi connectivity index (χ3v) is 3.89. The van der Waals surface area contributed by atoms with Gasteiger partial charge in [-0.15, -0.1) is 0 Å². The second-order valence-electron chi connectivity index (χ2n) is 5.87. The number of amides is 1. The molecule has 104 valence electrons. The maximum Gasteiger partial charge on any atom is 0.238 e. The van der Waals surface area contributed by atoms with E-state index in [1.54, 1.807) is 12.1 Å². The molecule has 0 aliphatic heterocycles. The summed E-state index contributed by atoms with van der Waals surface area (Å²) >= 11 is 0. The molecular weight excluding hydrogens is 243 g/mol. The Hall–Kier alpha value is -1.42. The van der Waals surface area contributed by atoms with Crippen molar-refractivity contribution in [3.63, 3.8) is 0 Å². The van der Waals surface area contributed by atoms with E-state index in [2.05, 4.69) is 24.5 Å². The first-order valence-electron chi connectivity index (χ1n) is 6.76. The van der Waals surface area contributed by atoms with Crippen LogP contribution >= 0.6 is 0 Å². The molecule has 0 radical (unpaired) electrons. The van der Waals surface area contributed by atoms with E-state index >= 15 is 0 Å². The summed E-state index contributed by atoms with van der Waals surface area (Å²) in [5.41, 5.74) is 0.884. The molecule has 1 amide bonds. The quantitative estimate of drug-likeness (QED) is 0.878. The monoisotopic (exact) mass is 264 g/mol. The van der Waals surface area contributed by atoms with Crippen molar-refractivity contribution in [3.8, 4) is 0 Å². The lowest BCUT2D eigenvalue weighted by Gasteiger charge is -2.27. The highest BCUT2D eigenvalue weighted by molar-refractivity contribution is 5.92. The number of hydrogen-bond acceptors (Lipinski definition) is 2. The van der Waals surface area contributed by atoms with Crippen LogP contribution in [0.2, 0.25) is 0 Å². The lowest BCUT2D eigenvalue weighted by molar-refractivity contribution is -0.115. The molecule has 1 fully saturated rings. The number of carbonyl (C=O) groups is 1. The molecule has 0 saturated heterocycles. The van der Waals surface area contributed by atoms with E-state index in [-0.39, 0.29) is 17.1 Å². The molecule has 2 N–H and O–H groups in total. The minimum Gasteiger partial charge on any atom is -0.325 e. The van der Waals surface area contributed by atoms with Gasteiger partial charge >= 0.3 is 0 Å². The van der Waals surface area contributed by atoms with Crippen LogP contribution in [-0.4, -0.2) is 18.5 Å². The van der Waals surface area contributed by atoms with Gasteiger partial charge in [-0.05, 0) is 42.5 Å². The number of halogens is 1. The van der Waals surface area contributed by atoms with Gasteiger partial charge in [-0.3, -0.25) is 4.79 Å². The zero-order valence-electron chi connectivity index (χ0n) is 11.5. The average molecular weight is 264 g/mol. The molecule has 4 heteroatoms. The topological polar surface area (TPSA) is 41.1 Å². The van der Waals surface area contributed by atoms with E-state index in [0.717, 1.165) is 6.42 Å². The van der Waals surface area contributed by atoms with Crippen molar-refractivity contribution in [2.75, 3.05) is 11.9 Å². The van der Waals surface area contributed by atoms with Crippen molar-refractivity contribution >= 4 is 11.6 Å². The summed E-state index contributed by atoms with van der Waals surface area (Å²) in [6.45, 7) is 4.76. The van der Waals surface area contributed by atoms with E-state index in [1.807, 2.05) is 0 Å². The minimum absolute atomic E-state index is 0.0886. The Morgan fingerprint density at radius 1 is 1.37 bits per heavy atom. The van der Waals surface area contributed by atoms with Gasteiger partial charge in [-0.1, -0.05) is 20.3 Å². The molecule has 1 unspecified atom stereocenters. The first kappa shape index (κ1) is 14.0. The third kappa shape index (κ3) is 3.77. The van der Waals surface area contributed by atoms with Crippen LogP contribution in [-0.2, 0) is 4.79 Å². The van der Waals surface area contributed by atoms with E-state index in [1.165, 1.54) is 25.0 Å². The Bertz CT molecular complexity index is 442. The Morgan fingerprint density at radius 2 is 2.05 bits per heavy atom. The van der Waals surface area contributed by atoms with Crippen molar-refractivity contribution in [2.24, 2.45) is 5.41 Å². The predicted octanol–water partition coefficient (Wildman–Crippen LogP) is 2.93. The van der Waals surface area contributed by atoms with Gasteiger partial charge in [0.2, 0.25) is 5.91 Å². The summed E-state index contributed by atoms with van der Waals surface area (Å²) in [4.78, 5) is 11.8. The summed E-state index contributed by atoms with van der Waals surface area (Å²) in [5, 5.41) is 6.07. The lowest BCUT2D eigenvalue weighted by atomic mass is 9.87. The highest BCUT2D eigenvalue weighted by Crippen LogP contribution is 2.36. The molecule has 0 spiro atoms. The lowest BCUT2D eigenvalue weighted by Crippen LogP contribution is -2.41. The molecule has 2 rings (SSSR count). The highest BCUT2D eigenvalue weighted by Gasteiger charge is 2.34. The van der Waals surface area contributed by atoms with Crippen LogP contribution in [0.3, 0.4) is 0 Å². The number of carbonyl (C=O) groups excluding carboxylic acids is 1. The van der Waals surface area contributed by atoms with Crippen LogP contribution in [0.1, 0.15) is 33.1 Å². The Labute approximate surface area is 113 Å². The molecule has 19 heavy (non-hydrogen) atoms. The van der Waals surface area contributed by atoms with Crippen molar-refractivity contribution < 1.29 is 9.18 Å². The fourth-order valence-corrected chi connectivity index (χ4v) is 2.66. The SMILES string of the molecule is CC1(C)CCCC1NCC(=O)Nc1ccc(F)cc1. The van der Waals surface area contributed by atoms with Crippen LogP contribution in [0.5, 0.6) is 0 Å². The molecule has 1 aliphatic rings. The van der Waals surface area contributed by atoms with Crippen LogP contribution in [0.4, 0.5) is 10.1 Å². The van der Waals surface area contributed by atoms with E-state index in [4.69, 9.17) is 0 Å². The van der Waals surface area contributed by atoms with E-state index in [0.29, 0.717) is 18.3 Å². The molecular formula is C15H21FN2O. The Balaban J connectivity index is 1.80.